The largest absolute Gasteiger partial charge is 0.0625 e. The fourth-order valence-electron chi connectivity index (χ4n) is 6.29. The summed E-state index contributed by atoms with van der Waals surface area (Å²) in [5.41, 5.74) is 0. The van der Waals surface area contributed by atoms with Gasteiger partial charge in [0.05, 0.1) is 0 Å². The van der Waals surface area contributed by atoms with Crippen LogP contribution >= 0.6 is 0 Å². The lowest BCUT2D eigenvalue weighted by Gasteiger charge is -2.39. The van der Waals surface area contributed by atoms with Crippen molar-refractivity contribution in [2.45, 2.75) is 97.3 Å². The van der Waals surface area contributed by atoms with E-state index >= 15 is 0 Å². The van der Waals surface area contributed by atoms with Crippen molar-refractivity contribution in [2.24, 2.45) is 35.5 Å². The average Bonchev–Trinajstić information content (AvgIpc) is 2.88. The van der Waals surface area contributed by atoms with Gasteiger partial charge < -0.3 is 0 Å². The van der Waals surface area contributed by atoms with E-state index < -0.39 is 0 Å². The second-order valence-corrected chi connectivity index (χ2v) is 9.00. The minimum Gasteiger partial charge on any atom is -0.0625 e. The average molecular weight is 291 g/mol. The summed E-state index contributed by atoms with van der Waals surface area (Å²) < 4.78 is 0. The molecule has 21 heavy (non-hydrogen) atoms. The summed E-state index contributed by atoms with van der Waals surface area (Å²) in [6.45, 7) is 4.90. The maximum atomic E-state index is 2.47. The van der Waals surface area contributed by atoms with Crippen LogP contribution in [0.4, 0.5) is 0 Å². The first-order chi connectivity index (χ1) is 10.2. The molecule has 0 heteroatoms. The Morgan fingerprint density at radius 2 is 1.05 bits per heavy atom. The van der Waals surface area contributed by atoms with E-state index in [4.69, 9.17) is 0 Å². The molecule has 0 aromatic rings. The van der Waals surface area contributed by atoms with E-state index in [2.05, 4.69) is 13.8 Å². The molecule has 0 amide bonds. The zero-order valence-electron chi connectivity index (χ0n) is 14.7. The summed E-state index contributed by atoms with van der Waals surface area (Å²) in [7, 11) is 0. The molecule has 0 heterocycles. The summed E-state index contributed by atoms with van der Waals surface area (Å²) in [6, 6.07) is 0. The zero-order valence-corrected chi connectivity index (χ0v) is 14.7. The highest BCUT2D eigenvalue weighted by Crippen LogP contribution is 2.45. The molecular weight excluding hydrogens is 252 g/mol. The van der Waals surface area contributed by atoms with Crippen molar-refractivity contribution in [1.82, 2.24) is 0 Å². The molecule has 0 radical (unpaired) electrons. The Balaban J connectivity index is 0.000000126. The third-order valence-electron chi connectivity index (χ3n) is 7.41. The number of hydrogen-bond acceptors (Lipinski definition) is 0. The van der Waals surface area contributed by atoms with Crippen LogP contribution in [0.1, 0.15) is 97.3 Å². The molecule has 4 aliphatic carbocycles. The molecule has 4 saturated carbocycles. The second-order valence-electron chi connectivity index (χ2n) is 9.00. The molecule has 0 N–H and O–H groups in total. The van der Waals surface area contributed by atoms with Crippen molar-refractivity contribution < 1.29 is 0 Å². The zero-order chi connectivity index (χ0) is 14.7. The van der Waals surface area contributed by atoms with E-state index in [1.165, 1.54) is 38.5 Å². The highest BCUT2D eigenvalue weighted by Gasteiger charge is 2.33. The first kappa shape index (κ1) is 15.9. The van der Waals surface area contributed by atoms with Gasteiger partial charge in [0, 0.05) is 0 Å². The molecule has 0 saturated heterocycles. The lowest BCUT2D eigenvalue weighted by Crippen LogP contribution is -2.29. The molecule has 0 aliphatic heterocycles. The SMILES string of the molecule is CC1CC2CCCCC2C1.CC1CCCC2CCCCC12. The Labute approximate surface area is 133 Å². The Morgan fingerprint density at radius 1 is 0.524 bits per heavy atom. The van der Waals surface area contributed by atoms with E-state index in [1.54, 1.807) is 44.9 Å². The van der Waals surface area contributed by atoms with Crippen LogP contribution in [0.5, 0.6) is 0 Å². The van der Waals surface area contributed by atoms with Crippen molar-refractivity contribution in [3.8, 4) is 0 Å². The van der Waals surface area contributed by atoms with Crippen molar-refractivity contribution >= 4 is 0 Å². The van der Waals surface area contributed by atoms with Gasteiger partial charge in [0.15, 0.2) is 0 Å². The van der Waals surface area contributed by atoms with Crippen LogP contribution in [-0.4, -0.2) is 0 Å². The molecule has 4 fully saturated rings. The Hall–Kier alpha value is 0. The Bertz CT molecular complexity index is 291. The van der Waals surface area contributed by atoms with Gasteiger partial charge in [-0.3, -0.25) is 0 Å². The van der Waals surface area contributed by atoms with Gasteiger partial charge in [0.1, 0.15) is 0 Å². The maximum Gasteiger partial charge on any atom is -0.0360 e. The van der Waals surface area contributed by atoms with Crippen LogP contribution in [0, 0.1) is 35.5 Å². The van der Waals surface area contributed by atoms with Crippen molar-refractivity contribution in [1.29, 1.82) is 0 Å². The van der Waals surface area contributed by atoms with E-state index in [-0.39, 0.29) is 0 Å². The quantitative estimate of drug-likeness (QED) is 0.458. The highest BCUT2D eigenvalue weighted by molar-refractivity contribution is 4.84. The summed E-state index contributed by atoms with van der Waals surface area (Å²) in [5.74, 6) is 6.64. The van der Waals surface area contributed by atoms with E-state index in [0.29, 0.717) is 0 Å². The third-order valence-corrected chi connectivity index (χ3v) is 7.41. The minimum absolute atomic E-state index is 1.05. The Kier molecular flexibility index (Phi) is 5.68. The topological polar surface area (TPSA) is 0 Å². The van der Waals surface area contributed by atoms with Crippen molar-refractivity contribution in [3.05, 3.63) is 0 Å². The maximum absolute atomic E-state index is 2.47. The summed E-state index contributed by atoms with van der Waals surface area (Å²) in [5, 5.41) is 0. The van der Waals surface area contributed by atoms with Gasteiger partial charge in [0.2, 0.25) is 0 Å². The van der Waals surface area contributed by atoms with Crippen molar-refractivity contribution in [2.75, 3.05) is 0 Å². The lowest BCUT2D eigenvalue weighted by atomic mass is 9.66. The normalized spacial score (nSPS) is 46.0. The molecule has 5 atom stereocenters. The molecule has 0 aromatic carbocycles. The van der Waals surface area contributed by atoms with Crippen LogP contribution in [0.15, 0.2) is 0 Å². The van der Waals surface area contributed by atoms with Crippen LogP contribution in [0.2, 0.25) is 0 Å². The number of rotatable bonds is 0. The van der Waals surface area contributed by atoms with Crippen LogP contribution < -0.4 is 0 Å². The highest BCUT2D eigenvalue weighted by atomic mass is 14.4. The molecule has 122 valence electrons. The van der Waals surface area contributed by atoms with Gasteiger partial charge in [0.25, 0.3) is 0 Å². The minimum atomic E-state index is 1.05. The van der Waals surface area contributed by atoms with Crippen LogP contribution in [0.3, 0.4) is 0 Å². The number of fused-ring (bicyclic) bond motifs is 2. The van der Waals surface area contributed by atoms with Gasteiger partial charge in [-0.25, -0.2) is 0 Å². The molecule has 4 rings (SSSR count). The summed E-state index contributed by atoms with van der Waals surface area (Å²) in [6.07, 6.45) is 20.0. The second kappa shape index (κ2) is 7.51. The first-order valence-corrected chi connectivity index (χ1v) is 10.2. The van der Waals surface area contributed by atoms with Gasteiger partial charge in [-0.15, -0.1) is 0 Å². The van der Waals surface area contributed by atoms with Crippen LogP contribution in [0.25, 0.3) is 0 Å². The van der Waals surface area contributed by atoms with Gasteiger partial charge in [-0.2, -0.15) is 0 Å². The molecule has 5 unspecified atom stereocenters. The summed E-state index contributed by atoms with van der Waals surface area (Å²) >= 11 is 0. The van der Waals surface area contributed by atoms with E-state index in [1.807, 2.05) is 0 Å². The molecule has 0 spiro atoms. The third kappa shape index (κ3) is 4.05. The standard InChI is InChI=1S/C11H20.C10H18/c1-9-5-4-7-10-6-2-3-8-11(9)10;1-8-6-9-4-2-3-5-10(9)7-8/h9-11H,2-8H2,1H3;8-10H,2-7H2,1H3. The fraction of sp³-hybridized carbons (Fsp3) is 1.00. The molecular formula is C21H38. The predicted molar refractivity (Wildman–Crippen MR) is 92.3 cm³/mol. The fourth-order valence-corrected chi connectivity index (χ4v) is 6.29. The Morgan fingerprint density at radius 3 is 1.67 bits per heavy atom. The smallest absolute Gasteiger partial charge is 0.0360 e. The predicted octanol–water partition coefficient (Wildman–Crippen LogP) is 6.84. The number of hydrogen-bond donors (Lipinski definition) is 0. The van der Waals surface area contributed by atoms with E-state index in [9.17, 15) is 0 Å². The van der Waals surface area contributed by atoms with Gasteiger partial charge >= 0.3 is 0 Å². The van der Waals surface area contributed by atoms with Gasteiger partial charge in [-0.05, 0) is 54.8 Å². The van der Waals surface area contributed by atoms with Crippen molar-refractivity contribution in [3.63, 3.8) is 0 Å². The molecule has 0 bridgehead atoms. The lowest BCUT2D eigenvalue weighted by molar-refractivity contribution is 0.114. The first-order valence-electron chi connectivity index (χ1n) is 10.2. The molecule has 0 aromatic heterocycles. The van der Waals surface area contributed by atoms with Crippen LogP contribution in [-0.2, 0) is 0 Å². The summed E-state index contributed by atoms with van der Waals surface area (Å²) in [4.78, 5) is 0. The molecule has 4 aliphatic rings. The van der Waals surface area contributed by atoms with Gasteiger partial charge in [-0.1, -0.05) is 78.1 Å². The van der Waals surface area contributed by atoms with E-state index in [0.717, 1.165) is 35.5 Å². The molecule has 0 nitrogen and oxygen atoms in total. The monoisotopic (exact) mass is 290 g/mol.